The summed E-state index contributed by atoms with van der Waals surface area (Å²) in [6.07, 6.45) is 3.73. The van der Waals surface area contributed by atoms with E-state index < -0.39 is 10.0 Å². The Morgan fingerprint density at radius 2 is 1.94 bits per heavy atom. The summed E-state index contributed by atoms with van der Waals surface area (Å²) in [5.74, 6) is 0.308. The fraction of sp³-hybridized carbons (Fsp3) is 1.00. The van der Waals surface area contributed by atoms with E-state index in [2.05, 4.69) is 28.2 Å². The minimum absolute atomic E-state index is 0.158. The van der Waals surface area contributed by atoms with Gasteiger partial charge in [0.15, 0.2) is 0 Å². The molecule has 106 valence electrons. The maximum atomic E-state index is 12.7. The van der Waals surface area contributed by atoms with Crippen LogP contribution in [0.25, 0.3) is 0 Å². The fourth-order valence-corrected chi connectivity index (χ4v) is 6.13. The summed E-state index contributed by atoms with van der Waals surface area (Å²) in [7, 11) is -3.10. The van der Waals surface area contributed by atoms with Crippen molar-refractivity contribution in [2.45, 2.75) is 42.7 Å². The Morgan fingerprint density at radius 3 is 2.56 bits per heavy atom. The van der Waals surface area contributed by atoms with Crippen LogP contribution in [0.1, 0.15) is 32.6 Å². The van der Waals surface area contributed by atoms with Crippen molar-refractivity contribution in [2.75, 3.05) is 26.2 Å². The minimum atomic E-state index is -3.10. The smallest absolute Gasteiger partial charge is 0.217 e. The zero-order valence-corrected chi connectivity index (χ0v) is 13.3. The third kappa shape index (κ3) is 3.08. The maximum Gasteiger partial charge on any atom is 0.217 e. The standard InChI is InChI=1S/C12H23BrN2O2S/c1-2-10-9-11(13)3-4-12(10)18(16,17)15-7-5-14-6-8-15/h10-12,14H,2-9H2,1H3. The highest BCUT2D eigenvalue weighted by atomic mass is 79.9. The summed E-state index contributed by atoms with van der Waals surface area (Å²) >= 11 is 3.64. The van der Waals surface area contributed by atoms with E-state index >= 15 is 0 Å². The Labute approximate surface area is 119 Å². The zero-order chi connectivity index (χ0) is 13.2. The van der Waals surface area contributed by atoms with Crippen molar-refractivity contribution in [3.8, 4) is 0 Å². The SMILES string of the molecule is CCC1CC(Br)CCC1S(=O)(=O)N1CCNCC1. The molecule has 18 heavy (non-hydrogen) atoms. The second-order valence-electron chi connectivity index (χ2n) is 5.31. The number of alkyl halides is 1. The van der Waals surface area contributed by atoms with Crippen LogP contribution >= 0.6 is 15.9 Å². The van der Waals surface area contributed by atoms with Gasteiger partial charge in [0, 0.05) is 31.0 Å². The van der Waals surface area contributed by atoms with E-state index in [1.54, 1.807) is 4.31 Å². The Hall–Kier alpha value is 0.350. The van der Waals surface area contributed by atoms with E-state index in [1.807, 2.05) is 0 Å². The van der Waals surface area contributed by atoms with Gasteiger partial charge in [-0.05, 0) is 25.2 Å². The van der Waals surface area contributed by atoms with E-state index in [0.29, 0.717) is 23.8 Å². The van der Waals surface area contributed by atoms with Gasteiger partial charge in [-0.25, -0.2) is 8.42 Å². The second kappa shape index (κ2) is 6.20. The Balaban J connectivity index is 2.12. The molecular formula is C12H23BrN2O2S. The number of rotatable bonds is 3. The van der Waals surface area contributed by atoms with Crippen molar-refractivity contribution in [2.24, 2.45) is 5.92 Å². The number of nitrogens with zero attached hydrogens (tertiary/aromatic N) is 1. The highest BCUT2D eigenvalue weighted by Crippen LogP contribution is 2.36. The van der Waals surface area contributed by atoms with Crippen molar-refractivity contribution in [3.05, 3.63) is 0 Å². The molecule has 2 fully saturated rings. The average Bonchev–Trinajstić information content (AvgIpc) is 2.39. The van der Waals surface area contributed by atoms with Crippen molar-refractivity contribution >= 4 is 26.0 Å². The van der Waals surface area contributed by atoms with Crippen LogP contribution in [0.4, 0.5) is 0 Å². The lowest BCUT2D eigenvalue weighted by molar-refractivity contribution is 0.315. The van der Waals surface area contributed by atoms with Gasteiger partial charge in [0.25, 0.3) is 0 Å². The fourth-order valence-electron chi connectivity index (χ4n) is 3.09. The first-order valence-electron chi connectivity index (χ1n) is 6.89. The predicted molar refractivity (Wildman–Crippen MR) is 77.5 cm³/mol. The first kappa shape index (κ1) is 14.8. The largest absolute Gasteiger partial charge is 0.314 e. The molecule has 1 N–H and O–H groups in total. The maximum absolute atomic E-state index is 12.7. The molecule has 1 aliphatic carbocycles. The molecule has 2 rings (SSSR count). The van der Waals surface area contributed by atoms with Gasteiger partial charge in [-0.15, -0.1) is 0 Å². The quantitative estimate of drug-likeness (QED) is 0.794. The first-order valence-corrected chi connectivity index (χ1v) is 9.31. The van der Waals surface area contributed by atoms with Crippen molar-refractivity contribution in [1.82, 2.24) is 9.62 Å². The van der Waals surface area contributed by atoms with Crippen LogP contribution in [-0.2, 0) is 10.0 Å². The molecule has 0 bridgehead atoms. The van der Waals surface area contributed by atoms with Crippen LogP contribution in [0.2, 0.25) is 0 Å². The lowest BCUT2D eigenvalue weighted by Gasteiger charge is -2.37. The topological polar surface area (TPSA) is 49.4 Å². The molecule has 1 heterocycles. The highest BCUT2D eigenvalue weighted by Gasteiger charge is 2.40. The first-order chi connectivity index (χ1) is 8.55. The van der Waals surface area contributed by atoms with Gasteiger partial charge in [0.2, 0.25) is 10.0 Å². The van der Waals surface area contributed by atoms with Crippen LogP contribution in [-0.4, -0.2) is 49.0 Å². The molecule has 0 radical (unpaired) electrons. The monoisotopic (exact) mass is 338 g/mol. The van der Waals surface area contributed by atoms with Crippen LogP contribution < -0.4 is 5.32 Å². The molecule has 6 heteroatoms. The van der Waals surface area contributed by atoms with E-state index in [4.69, 9.17) is 0 Å². The number of hydrogen-bond donors (Lipinski definition) is 1. The molecule has 1 aliphatic heterocycles. The third-order valence-electron chi connectivity index (χ3n) is 4.19. The molecule has 4 nitrogen and oxygen atoms in total. The lowest BCUT2D eigenvalue weighted by atomic mass is 9.87. The molecular weight excluding hydrogens is 316 g/mol. The number of halogens is 1. The summed E-state index contributed by atoms with van der Waals surface area (Å²) in [6, 6.07) is 0. The molecule has 0 amide bonds. The van der Waals surface area contributed by atoms with Crippen molar-refractivity contribution < 1.29 is 8.42 Å². The second-order valence-corrected chi connectivity index (χ2v) is 8.76. The lowest BCUT2D eigenvalue weighted by Crippen LogP contribution is -2.51. The van der Waals surface area contributed by atoms with Gasteiger partial charge in [-0.1, -0.05) is 29.3 Å². The van der Waals surface area contributed by atoms with Gasteiger partial charge >= 0.3 is 0 Å². The molecule has 2 aliphatic rings. The summed E-state index contributed by atoms with van der Waals surface area (Å²) in [5, 5.41) is 3.05. The van der Waals surface area contributed by atoms with Crippen LogP contribution in [0.15, 0.2) is 0 Å². The number of piperazine rings is 1. The molecule has 0 aromatic rings. The summed E-state index contributed by atoms with van der Waals surface area (Å²) in [5.41, 5.74) is 0. The Morgan fingerprint density at radius 1 is 1.28 bits per heavy atom. The van der Waals surface area contributed by atoms with Gasteiger partial charge in [0.05, 0.1) is 5.25 Å². The predicted octanol–water partition coefficient (Wildman–Crippen LogP) is 1.56. The van der Waals surface area contributed by atoms with Gasteiger partial charge in [-0.2, -0.15) is 4.31 Å². The van der Waals surface area contributed by atoms with Crippen molar-refractivity contribution in [3.63, 3.8) is 0 Å². The third-order valence-corrected chi connectivity index (χ3v) is 7.49. The number of nitrogens with one attached hydrogen (secondary N) is 1. The van der Waals surface area contributed by atoms with E-state index in [1.165, 1.54) is 0 Å². The highest BCUT2D eigenvalue weighted by molar-refractivity contribution is 9.09. The van der Waals surface area contributed by atoms with Gasteiger partial charge < -0.3 is 5.32 Å². The summed E-state index contributed by atoms with van der Waals surface area (Å²) in [6.45, 7) is 4.93. The zero-order valence-electron chi connectivity index (χ0n) is 10.9. The molecule has 0 aromatic carbocycles. The molecule has 3 unspecified atom stereocenters. The Bertz CT molecular complexity index is 368. The molecule has 1 saturated heterocycles. The van der Waals surface area contributed by atoms with E-state index in [-0.39, 0.29) is 5.25 Å². The molecule has 1 saturated carbocycles. The average molecular weight is 339 g/mol. The van der Waals surface area contributed by atoms with Crippen LogP contribution in [0.5, 0.6) is 0 Å². The molecule has 3 atom stereocenters. The molecule has 0 spiro atoms. The number of hydrogen-bond acceptors (Lipinski definition) is 3. The van der Waals surface area contributed by atoms with E-state index in [0.717, 1.165) is 38.8 Å². The van der Waals surface area contributed by atoms with Gasteiger partial charge in [0.1, 0.15) is 0 Å². The number of sulfonamides is 1. The van der Waals surface area contributed by atoms with E-state index in [9.17, 15) is 8.42 Å². The normalized spacial score (nSPS) is 35.6. The van der Waals surface area contributed by atoms with Crippen LogP contribution in [0, 0.1) is 5.92 Å². The summed E-state index contributed by atoms with van der Waals surface area (Å²) < 4.78 is 27.1. The Kier molecular flexibility index (Phi) is 5.08. The minimum Gasteiger partial charge on any atom is -0.314 e. The summed E-state index contributed by atoms with van der Waals surface area (Å²) in [4.78, 5) is 0.497. The van der Waals surface area contributed by atoms with Crippen LogP contribution in [0.3, 0.4) is 0 Å². The van der Waals surface area contributed by atoms with Crippen molar-refractivity contribution in [1.29, 1.82) is 0 Å². The molecule has 0 aromatic heterocycles. The van der Waals surface area contributed by atoms with Gasteiger partial charge in [-0.3, -0.25) is 0 Å².